The molecule has 0 saturated carbocycles. The van der Waals surface area contributed by atoms with Gasteiger partial charge in [-0.2, -0.15) is 0 Å². The Bertz CT molecular complexity index is 844. The zero-order chi connectivity index (χ0) is 16.2. The van der Waals surface area contributed by atoms with Gasteiger partial charge in [0.1, 0.15) is 5.01 Å². The number of hydrogen-bond acceptors (Lipinski definition) is 7. The highest BCUT2D eigenvalue weighted by atomic mass is 32.2. The van der Waals surface area contributed by atoms with Crippen LogP contribution in [0.15, 0.2) is 69.9 Å². The Morgan fingerprint density at radius 3 is 2.62 bits per heavy atom. The molecule has 0 amide bonds. The van der Waals surface area contributed by atoms with Gasteiger partial charge in [-0.1, -0.05) is 42.1 Å². The summed E-state index contributed by atoms with van der Waals surface area (Å²) < 4.78 is 5.67. The van der Waals surface area contributed by atoms with Crippen LogP contribution in [0.25, 0.3) is 22.0 Å². The Labute approximate surface area is 146 Å². The molecule has 0 radical (unpaired) electrons. The van der Waals surface area contributed by atoms with E-state index < -0.39 is 0 Å². The zero-order valence-electron chi connectivity index (χ0n) is 12.5. The molecule has 5 nitrogen and oxygen atoms in total. The molecule has 0 spiro atoms. The first-order valence-corrected chi connectivity index (χ1v) is 9.11. The fraction of sp³-hybridized carbons (Fsp3) is 0.0588. The summed E-state index contributed by atoms with van der Waals surface area (Å²) in [7, 11) is 0. The van der Waals surface area contributed by atoms with E-state index in [4.69, 9.17) is 4.42 Å². The molecule has 0 bridgehead atoms. The maximum absolute atomic E-state index is 5.67. The molecule has 0 aliphatic rings. The van der Waals surface area contributed by atoms with Crippen LogP contribution in [-0.4, -0.2) is 20.2 Å². The third-order valence-corrected chi connectivity index (χ3v) is 5.04. The Morgan fingerprint density at radius 1 is 0.958 bits per heavy atom. The van der Waals surface area contributed by atoms with Crippen molar-refractivity contribution in [1.82, 2.24) is 20.2 Å². The van der Waals surface area contributed by atoms with Gasteiger partial charge in [0, 0.05) is 34.7 Å². The van der Waals surface area contributed by atoms with Crippen LogP contribution < -0.4 is 0 Å². The van der Waals surface area contributed by atoms with E-state index in [0.717, 1.165) is 21.8 Å². The SMILES string of the molecule is c1ccc(-c2nc(CSc3nnc(-c4ccncc4)o3)cs2)cc1. The van der Waals surface area contributed by atoms with Crippen LogP contribution in [0.1, 0.15) is 5.69 Å². The Kier molecular flexibility index (Phi) is 4.35. The molecule has 0 fully saturated rings. The van der Waals surface area contributed by atoms with E-state index in [9.17, 15) is 0 Å². The lowest BCUT2D eigenvalue weighted by molar-refractivity contribution is 0.465. The van der Waals surface area contributed by atoms with Gasteiger partial charge in [0.15, 0.2) is 0 Å². The van der Waals surface area contributed by atoms with Crippen molar-refractivity contribution in [3.05, 3.63) is 65.9 Å². The van der Waals surface area contributed by atoms with Crippen LogP contribution in [0.2, 0.25) is 0 Å². The third kappa shape index (κ3) is 3.37. The maximum Gasteiger partial charge on any atom is 0.277 e. The van der Waals surface area contributed by atoms with Crippen molar-refractivity contribution in [3.63, 3.8) is 0 Å². The average molecular weight is 352 g/mol. The van der Waals surface area contributed by atoms with E-state index in [-0.39, 0.29) is 0 Å². The van der Waals surface area contributed by atoms with Crippen molar-refractivity contribution < 1.29 is 4.42 Å². The highest BCUT2D eigenvalue weighted by Gasteiger charge is 2.10. The standard InChI is InChI=1S/C17H12N4OS2/c1-2-4-13(5-3-1)16-19-14(10-23-16)11-24-17-21-20-15(22-17)12-6-8-18-9-7-12/h1-10H,11H2. The number of pyridine rings is 1. The smallest absolute Gasteiger partial charge is 0.277 e. The topological polar surface area (TPSA) is 64.7 Å². The number of nitrogens with zero attached hydrogens (tertiary/aromatic N) is 4. The second-order valence-corrected chi connectivity index (χ2v) is 6.69. The molecule has 118 valence electrons. The van der Waals surface area contributed by atoms with Gasteiger partial charge in [0.25, 0.3) is 5.22 Å². The lowest BCUT2D eigenvalue weighted by Gasteiger charge is -1.95. The number of thiazole rings is 1. The largest absolute Gasteiger partial charge is 0.411 e. The molecule has 0 atom stereocenters. The lowest BCUT2D eigenvalue weighted by Crippen LogP contribution is -1.82. The highest BCUT2D eigenvalue weighted by molar-refractivity contribution is 7.98. The molecule has 24 heavy (non-hydrogen) atoms. The van der Waals surface area contributed by atoms with Gasteiger partial charge in [0.05, 0.1) is 5.69 Å². The van der Waals surface area contributed by atoms with E-state index in [1.165, 1.54) is 11.8 Å². The number of benzene rings is 1. The molecule has 0 aliphatic carbocycles. The van der Waals surface area contributed by atoms with Crippen LogP contribution in [0.5, 0.6) is 0 Å². The van der Waals surface area contributed by atoms with E-state index in [1.54, 1.807) is 23.7 Å². The first-order valence-electron chi connectivity index (χ1n) is 7.25. The number of aromatic nitrogens is 4. The molecule has 3 heterocycles. The Morgan fingerprint density at radius 2 is 1.79 bits per heavy atom. The second-order valence-electron chi connectivity index (χ2n) is 4.91. The quantitative estimate of drug-likeness (QED) is 0.491. The third-order valence-electron chi connectivity index (χ3n) is 3.25. The van der Waals surface area contributed by atoms with Gasteiger partial charge in [0.2, 0.25) is 5.89 Å². The molecule has 7 heteroatoms. The maximum atomic E-state index is 5.67. The summed E-state index contributed by atoms with van der Waals surface area (Å²) in [6, 6.07) is 13.9. The lowest BCUT2D eigenvalue weighted by atomic mass is 10.2. The van der Waals surface area contributed by atoms with Gasteiger partial charge in [-0.3, -0.25) is 4.98 Å². The molecule has 0 N–H and O–H groups in total. The van der Waals surface area contributed by atoms with Crippen LogP contribution in [0.4, 0.5) is 0 Å². The molecule has 0 unspecified atom stereocenters. The number of thioether (sulfide) groups is 1. The Balaban J connectivity index is 1.43. The predicted molar refractivity (Wildman–Crippen MR) is 94.6 cm³/mol. The normalized spacial score (nSPS) is 10.8. The van der Waals surface area contributed by atoms with Crippen LogP contribution >= 0.6 is 23.1 Å². The fourth-order valence-electron chi connectivity index (χ4n) is 2.10. The predicted octanol–water partition coefficient (Wildman–Crippen LogP) is 4.55. The highest BCUT2D eigenvalue weighted by Crippen LogP contribution is 2.28. The minimum Gasteiger partial charge on any atom is -0.411 e. The molecule has 3 aromatic heterocycles. The van der Waals surface area contributed by atoms with Crippen LogP contribution in [-0.2, 0) is 5.75 Å². The van der Waals surface area contributed by atoms with E-state index in [2.05, 4.69) is 37.7 Å². The number of hydrogen-bond donors (Lipinski definition) is 0. The van der Waals surface area contributed by atoms with E-state index in [0.29, 0.717) is 16.9 Å². The summed E-state index contributed by atoms with van der Waals surface area (Å²) in [5.41, 5.74) is 3.01. The number of rotatable bonds is 5. The Hall–Kier alpha value is -2.51. The zero-order valence-corrected chi connectivity index (χ0v) is 14.1. The van der Waals surface area contributed by atoms with Gasteiger partial charge < -0.3 is 4.42 Å². The van der Waals surface area contributed by atoms with Gasteiger partial charge in [-0.15, -0.1) is 21.5 Å². The molecule has 1 aromatic carbocycles. The molecule has 4 aromatic rings. The summed E-state index contributed by atoms with van der Waals surface area (Å²) >= 11 is 3.13. The van der Waals surface area contributed by atoms with Crippen molar-refractivity contribution >= 4 is 23.1 Å². The van der Waals surface area contributed by atoms with E-state index >= 15 is 0 Å². The second kappa shape index (κ2) is 6.94. The summed E-state index contributed by atoms with van der Waals surface area (Å²) in [5, 5.41) is 11.8. The minimum absolute atomic E-state index is 0.503. The van der Waals surface area contributed by atoms with Gasteiger partial charge in [-0.05, 0) is 12.1 Å². The van der Waals surface area contributed by atoms with Crippen molar-refractivity contribution in [1.29, 1.82) is 0 Å². The van der Waals surface area contributed by atoms with Crippen LogP contribution in [0.3, 0.4) is 0 Å². The average Bonchev–Trinajstić information content (AvgIpc) is 3.31. The molecule has 4 rings (SSSR count). The first-order chi connectivity index (χ1) is 11.9. The monoisotopic (exact) mass is 352 g/mol. The van der Waals surface area contributed by atoms with Crippen molar-refractivity contribution in [3.8, 4) is 22.0 Å². The van der Waals surface area contributed by atoms with Crippen molar-refractivity contribution in [2.24, 2.45) is 0 Å². The molecule has 0 saturated heterocycles. The van der Waals surface area contributed by atoms with Gasteiger partial charge in [-0.25, -0.2) is 4.98 Å². The fourth-order valence-corrected chi connectivity index (χ4v) is 3.69. The molecular formula is C17H12N4OS2. The van der Waals surface area contributed by atoms with Gasteiger partial charge >= 0.3 is 0 Å². The summed E-state index contributed by atoms with van der Waals surface area (Å²) in [5.74, 6) is 1.20. The van der Waals surface area contributed by atoms with Crippen molar-refractivity contribution in [2.45, 2.75) is 11.0 Å². The van der Waals surface area contributed by atoms with Crippen molar-refractivity contribution in [2.75, 3.05) is 0 Å². The molecule has 0 aliphatic heterocycles. The summed E-state index contributed by atoms with van der Waals surface area (Å²) in [4.78, 5) is 8.64. The van der Waals surface area contributed by atoms with E-state index in [1.807, 2.05) is 30.3 Å². The molecular weight excluding hydrogens is 340 g/mol. The minimum atomic E-state index is 0.503. The van der Waals surface area contributed by atoms with Crippen LogP contribution in [0, 0.1) is 0 Å². The first kappa shape index (κ1) is 15.0. The summed E-state index contributed by atoms with van der Waals surface area (Å²) in [6.45, 7) is 0. The summed E-state index contributed by atoms with van der Waals surface area (Å²) in [6.07, 6.45) is 3.40.